The standard InChI is InChI=1S/C11H12BrF3O3S/c1-10(2,16)6-19(17,18)9-5-7(12)3-4-8(9)11(13,14)15/h3-5,16H,6H2,1-2H3/i1D3,2D3. The maximum atomic E-state index is 13.0. The van der Waals surface area contributed by atoms with Crippen molar-refractivity contribution < 1.29 is 34.9 Å². The van der Waals surface area contributed by atoms with Crippen molar-refractivity contribution in [1.82, 2.24) is 0 Å². The third-order valence-electron chi connectivity index (χ3n) is 1.98. The Bertz CT molecular complexity index is 744. The van der Waals surface area contributed by atoms with Crippen LogP contribution in [0.3, 0.4) is 0 Å². The molecule has 0 radical (unpaired) electrons. The lowest BCUT2D eigenvalue weighted by atomic mass is 10.2. The average molecular weight is 367 g/mol. The number of benzene rings is 1. The molecule has 8 heteroatoms. The van der Waals surface area contributed by atoms with E-state index in [2.05, 4.69) is 15.9 Å². The monoisotopic (exact) mass is 366 g/mol. The summed E-state index contributed by atoms with van der Waals surface area (Å²) in [5, 5.41) is 10.0. The SMILES string of the molecule is [2H]C([2H])([2H])C(O)(CS(=O)(=O)c1cc(Br)ccc1C(F)(F)F)C([2H])([2H])[2H]. The van der Waals surface area contributed by atoms with Crippen molar-refractivity contribution in [2.24, 2.45) is 0 Å². The first-order valence-electron chi connectivity index (χ1n) is 7.65. The van der Waals surface area contributed by atoms with E-state index in [4.69, 9.17) is 8.22 Å². The van der Waals surface area contributed by atoms with Gasteiger partial charge in [0.25, 0.3) is 0 Å². The van der Waals surface area contributed by atoms with E-state index in [0.717, 1.165) is 6.07 Å². The Balaban J connectivity index is 3.62. The molecule has 0 bridgehead atoms. The first-order chi connectivity index (χ1) is 10.8. The van der Waals surface area contributed by atoms with Crippen molar-refractivity contribution in [3.05, 3.63) is 28.2 Å². The fourth-order valence-corrected chi connectivity index (χ4v) is 3.38. The maximum absolute atomic E-state index is 13.0. The quantitative estimate of drug-likeness (QED) is 0.894. The minimum Gasteiger partial charge on any atom is -0.389 e. The second-order valence-corrected chi connectivity index (χ2v) is 6.63. The molecule has 0 fully saturated rings. The summed E-state index contributed by atoms with van der Waals surface area (Å²) in [5.41, 5.74) is -5.35. The topological polar surface area (TPSA) is 54.4 Å². The van der Waals surface area contributed by atoms with Crippen molar-refractivity contribution >= 4 is 25.8 Å². The Morgan fingerprint density at radius 2 is 1.95 bits per heavy atom. The van der Waals surface area contributed by atoms with E-state index in [1.165, 1.54) is 0 Å². The number of halogens is 4. The summed E-state index contributed by atoms with van der Waals surface area (Å²) in [6, 6.07) is 1.93. The number of aliphatic hydroxyl groups is 1. The zero-order chi connectivity index (χ0) is 20.1. The summed E-state index contributed by atoms with van der Waals surface area (Å²) in [5.74, 6) is -1.94. The van der Waals surface area contributed by atoms with Gasteiger partial charge in [0.1, 0.15) is 0 Å². The van der Waals surface area contributed by atoms with Gasteiger partial charge in [0.15, 0.2) is 9.84 Å². The van der Waals surface area contributed by atoms with Gasteiger partial charge in [0.05, 0.1) is 21.8 Å². The van der Waals surface area contributed by atoms with Crippen LogP contribution in [0, 0.1) is 0 Å². The molecular formula is C11H12BrF3O3S. The molecule has 0 spiro atoms. The fourth-order valence-electron chi connectivity index (χ4n) is 1.34. The highest BCUT2D eigenvalue weighted by Crippen LogP contribution is 2.36. The molecule has 0 aliphatic rings. The lowest BCUT2D eigenvalue weighted by Crippen LogP contribution is -2.31. The van der Waals surface area contributed by atoms with Crippen molar-refractivity contribution in [3.63, 3.8) is 0 Å². The first kappa shape index (κ1) is 9.36. The third-order valence-corrected chi connectivity index (χ3v) is 4.28. The third kappa shape index (κ3) is 4.47. The number of alkyl halides is 3. The van der Waals surface area contributed by atoms with Crippen LogP contribution in [0.4, 0.5) is 13.2 Å². The van der Waals surface area contributed by atoms with Crippen molar-refractivity contribution in [1.29, 1.82) is 0 Å². The number of sulfone groups is 1. The molecule has 0 aromatic heterocycles. The Kier molecular flexibility index (Phi) is 2.49. The molecule has 0 heterocycles. The van der Waals surface area contributed by atoms with Crippen LogP contribution in [0.25, 0.3) is 0 Å². The van der Waals surface area contributed by atoms with Gasteiger partial charge >= 0.3 is 6.18 Å². The van der Waals surface area contributed by atoms with Crippen LogP contribution < -0.4 is 0 Å². The van der Waals surface area contributed by atoms with Gasteiger partial charge in [-0.25, -0.2) is 8.42 Å². The zero-order valence-electron chi connectivity index (χ0n) is 15.1. The molecule has 1 rings (SSSR count). The van der Waals surface area contributed by atoms with Gasteiger partial charge in [-0.3, -0.25) is 0 Å². The molecule has 0 saturated heterocycles. The van der Waals surface area contributed by atoms with Crippen LogP contribution >= 0.6 is 15.9 Å². The van der Waals surface area contributed by atoms with E-state index in [0.29, 0.717) is 12.1 Å². The van der Waals surface area contributed by atoms with Crippen LogP contribution in [-0.2, 0) is 16.0 Å². The number of hydrogen-bond acceptors (Lipinski definition) is 3. The Hall–Kier alpha value is -0.600. The molecule has 1 aromatic carbocycles. The summed E-state index contributed by atoms with van der Waals surface area (Å²) in [6.07, 6.45) is -5.10. The van der Waals surface area contributed by atoms with Crippen LogP contribution in [0.2, 0.25) is 0 Å². The van der Waals surface area contributed by atoms with Crippen molar-refractivity contribution in [3.8, 4) is 0 Å². The number of rotatable bonds is 3. The molecule has 108 valence electrons. The minimum absolute atomic E-state index is 0.0645. The van der Waals surface area contributed by atoms with E-state index in [-0.39, 0.29) is 4.47 Å². The fraction of sp³-hybridized carbons (Fsp3) is 0.455. The highest BCUT2D eigenvalue weighted by atomic mass is 79.9. The molecule has 0 amide bonds. The lowest BCUT2D eigenvalue weighted by molar-refractivity contribution is -0.139. The van der Waals surface area contributed by atoms with Crippen LogP contribution in [0.15, 0.2) is 27.6 Å². The summed E-state index contributed by atoms with van der Waals surface area (Å²) in [4.78, 5) is -1.33. The van der Waals surface area contributed by atoms with E-state index in [1.807, 2.05) is 0 Å². The number of hydrogen-bond donors (Lipinski definition) is 1. The molecule has 3 nitrogen and oxygen atoms in total. The van der Waals surface area contributed by atoms with Gasteiger partial charge in [-0.05, 0) is 31.9 Å². The smallest absolute Gasteiger partial charge is 0.389 e. The zero-order valence-corrected chi connectivity index (χ0v) is 11.5. The Morgan fingerprint density at radius 3 is 2.42 bits per heavy atom. The largest absolute Gasteiger partial charge is 0.417 e. The molecule has 1 N–H and O–H groups in total. The molecule has 0 saturated carbocycles. The van der Waals surface area contributed by atoms with E-state index in [9.17, 15) is 26.7 Å². The second kappa shape index (κ2) is 5.06. The average Bonchev–Trinajstić information content (AvgIpc) is 2.33. The minimum atomic E-state index is -5.14. The molecule has 19 heavy (non-hydrogen) atoms. The van der Waals surface area contributed by atoms with Gasteiger partial charge in [0.2, 0.25) is 0 Å². The van der Waals surface area contributed by atoms with Gasteiger partial charge in [-0.2, -0.15) is 13.2 Å². The van der Waals surface area contributed by atoms with Gasteiger partial charge < -0.3 is 5.11 Å². The van der Waals surface area contributed by atoms with Crippen LogP contribution in [0.5, 0.6) is 0 Å². The first-order valence-corrected chi connectivity index (χ1v) is 7.09. The summed E-state index contributed by atoms with van der Waals surface area (Å²) < 4.78 is 107. The molecule has 0 atom stereocenters. The summed E-state index contributed by atoms with van der Waals surface area (Å²) in [7, 11) is -5.14. The van der Waals surface area contributed by atoms with Gasteiger partial charge in [0, 0.05) is 12.7 Å². The lowest BCUT2D eigenvalue weighted by Gasteiger charge is -2.19. The van der Waals surface area contributed by atoms with Crippen LogP contribution in [0.1, 0.15) is 27.5 Å². The molecule has 0 aliphatic carbocycles. The summed E-state index contributed by atoms with van der Waals surface area (Å²) in [6.45, 7) is -7.37. The van der Waals surface area contributed by atoms with E-state index in [1.54, 1.807) is 0 Å². The molecule has 0 unspecified atom stereocenters. The second-order valence-electron chi connectivity index (χ2n) is 3.76. The predicted molar refractivity (Wildman–Crippen MR) is 67.5 cm³/mol. The van der Waals surface area contributed by atoms with Gasteiger partial charge in [-0.15, -0.1) is 0 Å². The molecule has 0 aliphatic heterocycles. The van der Waals surface area contributed by atoms with Crippen LogP contribution in [-0.4, -0.2) is 24.9 Å². The highest BCUT2D eigenvalue weighted by molar-refractivity contribution is 9.10. The van der Waals surface area contributed by atoms with E-state index >= 15 is 0 Å². The van der Waals surface area contributed by atoms with Crippen molar-refractivity contribution in [2.45, 2.75) is 30.4 Å². The van der Waals surface area contributed by atoms with Gasteiger partial charge in [-0.1, -0.05) is 15.9 Å². The van der Waals surface area contributed by atoms with Crippen molar-refractivity contribution in [2.75, 3.05) is 5.75 Å². The summed E-state index contributed by atoms with van der Waals surface area (Å²) >= 11 is 2.80. The van der Waals surface area contributed by atoms with E-state index < -0.39 is 51.5 Å². The Labute approximate surface area is 125 Å². The normalized spacial score (nSPS) is 19.6. The molecule has 1 aromatic rings. The molecular weight excluding hydrogens is 349 g/mol. The highest BCUT2D eigenvalue weighted by Gasteiger charge is 2.38. The Morgan fingerprint density at radius 1 is 1.37 bits per heavy atom. The predicted octanol–water partition coefficient (Wildman–Crippen LogP) is 3.01. The maximum Gasteiger partial charge on any atom is 0.417 e.